The summed E-state index contributed by atoms with van der Waals surface area (Å²) in [7, 11) is 0. The summed E-state index contributed by atoms with van der Waals surface area (Å²) in [5.74, 6) is -0.579. The number of Topliss-reactive ketones (excluding diaryl/α,β-unsaturated/α-hetero) is 1. The van der Waals surface area contributed by atoms with Crippen LogP contribution in [0.2, 0.25) is 10.0 Å². The van der Waals surface area contributed by atoms with Crippen molar-refractivity contribution in [3.8, 4) is 0 Å². The van der Waals surface area contributed by atoms with Crippen LogP contribution < -0.4 is 0 Å². The third-order valence-corrected chi connectivity index (χ3v) is 4.34. The molecule has 124 valence electrons. The first kappa shape index (κ1) is 17.8. The topological polar surface area (TPSA) is 65.0 Å². The lowest BCUT2D eigenvalue weighted by molar-refractivity contribution is -0.148. The first-order valence-corrected chi connectivity index (χ1v) is 8.01. The number of halogens is 2. The van der Waals surface area contributed by atoms with Crippen molar-refractivity contribution in [3.05, 3.63) is 33.8 Å². The Morgan fingerprint density at radius 2 is 2.00 bits per heavy atom. The van der Waals surface area contributed by atoms with E-state index in [4.69, 9.17) is 32.8 Å². The van der Waals surface area contributed by atoms with Gasteiger partial charge in [0.25, 0.3) is 0 Å². The van der Waals surface area contributed by atoms with Crippen LogP contribution in [-0.4, -0.2) is 29.7 Å². The molecule has 0 amide bonds. The molecule has 1 atom stereocenters. The molecule has 0 saturated carbocycles. The van der Waals surface area contributed by atoms with E-state index in [1.165, 1.54) is 6.92 Å². The van der Waals surface area contributed by atoms with Gasteiger partial charge in [0, 0.05) is 24.8 Å². The summed E-state index contributed by atoms with van der Waals surface area (Å²) in [4.78, 5) is 29.0. The van der Waals surface area contributed by atoms with Gasteiger partial charge in [0.2, 0.25) is 5.60 Å². The van der Waals surface area contributed by atoms with Gasteiger partial charge in [-0.15, -0.1) is 0 Å². The van der Waals surface area contributed by atoms with Crippen LogP contribution in [0, 0.1) is 0 Å². The summed E-state index contributed by atoms with van der Waals surface area (Å²) in [5.41, 5.74) is -0.125. The summed E-state index contributed by atoms with van der Waals surface area (Å²) in [6.07, 6.45) is 0.480. The first-order valence-electron chi connectivity index (χ1n) is 7.25. The van der Waals surface area contributed by atoms with Crippen molar-refractivity contribution in [1.82, 2.24) is 0 Å². The number of hydrogen-bond acceptors (Lipinski definition) is 5. The number of carbonyl (C=O) groups is 2. The van der Waals surface area contributed by atoms with E-state index in [0.717, 1.165) is 0 Å². The smallest absolute Gasteiger partial charge is 0.305 e. The molecule has 0 saturated heterocycles. The average Bonchev–Trinajstić information content (AvgIpc) is 2.91. The number of nitrogens with zero attached hydrogens (tertiary/aromatic N) is 1. The Kier molecular flexibility index (Phi) is 5.65. The number of oxime groups is 1. The predicted molar refractivity (Wildman–Crippen MR) is 88.0 cm³/mol. The van der Waals surface area contributed by atoms with Crippen LogP contribution in [0.5, 0.6) is 0 Å². The van der Waals surface area contributed by atoms with Crippen molar-refractivity contribution in [2.45, 2.75) is 38.7 Å². The lowest BCUT2D eigenvalue weighted by Gasteiger charge is -2.23. The highest BCUT2D eigenvalue weighted by atomic mass is 35.5. The van der Waals surface area contributed by atoms with Gasteiger partial charge in [-0.25, -0.2) is 0 Å². The van der Waals surface area contributed by atoms with Crippen LogP contribution in [0.1, 0.15) is 38.7 Å². The minimum Gasteiger partial charge on any atom is -0.466 e. The van der Waals surface area contributed by atoms with Gasteiger partial charge in [0.15, 0.2) is 5.78 Å². The SMILES string of the molecule is CCOC(=O)CCC1(C(C)=O)CC(c2c(Cl)cccc2Cl)=NO1. The van der Waals surface area contributed by atoms with E-state index in [-0.39, 0.29) is 31.0 Å². The Bertz CT molecular complexity index is 639. The Labute approximate surface area is 144 Å². The Hall–Kier alpha value is -1.59. The van der Waals surface area contributed by atoms with Crippen LogP contribution in [0.3, 0.4) is 0 Å². The largest absolute Gasteiger partial charge is 0.466 e. The monoisotopic (exact) mass is 357 g/mol. The molecule has 1 aromatic carbocycles. The molecule has 7 heteroatoms. The maximum absolute atomic E-state index is 12.1. The van der Waals surface area contributed by atoms with Crippen LogP contribution in [-0.2, 0) is 19.2 Å². The van der Waals surface area contributed by atoms with E-state index in [1.54, 1.807) is 25.1 Å². The molecule has 1 aliphatic rings. The van der Waals surface area contributed by atoms with Gasteiger partial charge >= 0.3 is 5.97 Å². The summed E-state index contributed by atoms with van der Waals surface area (Å²) in [5, 5.41) is 4.87. The lowest BCUT2D eigenvalue weighted by Crippen LogP contribution is -2.38. The number of benzene rings is 1. The lowest BCUT2D eigenvalue weighted by atomic mass is 9.86. The van der Waals surface area contributed by atoms with Crippen molar-refractivity contribution in [2.24, 2.45) is 5.16 Å². The van der Waals surface area contributed by atoms with E-state index in [9.17, 15) is 9.59 Å². The third kappa shape index (κ3) is 3.85. The van der Waals surface area contributed by atoms with E-state index < -0.39 is 5.60 Å². The molecule has 1 heterocycles. The Morgan fingerprint density at radius 3 is 2.57 bits per heavy atom. The fraction of sp³-hybridized carbons (Fsp3) is 0.438. The Balaban J connectivity index is 2.18. The normalized spacial score (nSPS) is 19.9. The number of carbonyl (C=O) groups excluding carboxylic acids is 2. The second-order valence-corrected chi connectivity index (χ2v) is 6.07. The molecule has 0 aliphatic carbocycles. The van der Waals surface area contributed by atoms with Crippen molar-refractivity contribution in [1.29, 1.82) is 0 Å². The number of ether oxygens (including phenoxy) is 1. The molecule has 1 unspecified atom stereocenters. The fourth-order valence-electron chi connectivity index (χ4n) is 2.42. The molecule has 1 aliphatic heterocycles. The highest BCUT2D eigenvalue weighted by Crippen LogP contribution is 2.36. The van der Waals surface area contributed by atoms with Gasteiger partial charge in [-0.05, 0) is 26.0 Å². The zero-order valence-electron chi connectivity index (χ0n) is 12.9. The molecular weight excluding hydrogens is 341 g/mol. The first-order chi connectivity index (χ1) is 10.9. The van der Waals surface area contributed by atoms with Crippen LogP contribution >= 0.6 is 23.2 Å². The minimum absolute atomic E-state index is 0.0759. The maximum Gasteiger partial charge on any atom is 0.305 e. The molecule has 0 bridgehead atoms. The van der Waals surface area contributed by atoms with Crippen molar-refractivity contribution >= 4 is 40.7 Å². The van der Waals surface area contributed by atoms with Crippen molar-refractivity contribution < 1.29 is 19.2 Å². The summed E-state index contributed by atoms with van der Waals surface area (Å²) < 4.78 is 4.89. The van der Waals surface area contributed by atoms with Gasteiger partial charge in [0.05, 0.1) is 22.4 Å². The molecule has 0 spiro atoms. The summed E-state index contributed by atoms with van der Waals surface area (Å²) in [6, 6.07) is 5.11. The summed E-state index contributed by atoms with van der Waals surface area (Å²) >= 11 is 12.3. The standard InChI is InChI=1S/C16H17Cl2NO4/c1-3-22-14(21)7-8-16(10(2)20)9-13(19-23-16)15-11(17)5-4-6-12(15)18/h4-6H,3,7-9H2,1-2H3. The highest BCUT2D eigenvalue weighted by molar-refractivity contribution is 6.40. The van der Waals surface area contributed by atoms with E-state index in [2.05, 4.69) is 5.16 Å². The Morgan fingerprint density at radius 1 is 1.35 bits per heavy atom. The molecule has 0 radical (unpaired) electrons. The van der Waals surface area contributed by atoms with Gasteiger partial charge < -0.3 is 9.57 Å². The van der Waals surface area contributed by atoms with E-state index in [1.807, 2.05) is 0 Å². The predicted octanol–water partition coefficient (Wildman–Crippen LogP) is 3.79. The molecule has 5 nitrogen and oxygen atoms in total. The molecule has 2 rings (SSSR count). The van der Waals surface area contributed by atoms with Crippen molar-refractivity contribution in [2.75, 3.05) is 6.61 Å². The molecular formula is C16H17Cl2NO4. The third-order valence-electron chi connectivity index (χ3n) is 3.71. The number of ketones is 1. The minimum atomic E-state index is -1.18. The molecule has 0 fully saturated rings. The molecule has 0 N–H and O–H groups in total. The molecule has 23 heavy (non-hydrogen) atoms. The van der Waals surface area contributed by atoms with Crippen LogP contribution in [0.15, 0.2) is 23.4 Å². The van der Waals surface area contributed by atoms with Crippen LogP contribution in [0.4, 0.5) is 0 Å². The van der Waals surface area contributed by atoms with Crippen molar-refractivity contribution in [3.63, 3.8) is 0 Å². The highest BCUT2D eigenvalue weighted by Gasteiger charge is 2.45. The zero-order valence-corrected chi connectivity index (χ0v) is 14.4. The number of hydrogen-bond donors (Lipinski definition) is 0. The van der Waals surface area contributed by atoms with Gasteiger partial charge in [0.1, 0.15) is 0 Å². The van der Waals surface area contributed by atoms with Gasteiger partial charge in [-0.1, -0.05) is 34.4 Å². The van der Waals surface area contributed by atoms with Crippen LogP contribution in [0.25, 0.3) is 0 Å². The van der Waals surface area contributed by atoms with Gasteiger partial charge in [-0.3, -0.25) is 9.59 Å². The second-order valence-electron chi connectivity index (χ2n) is 5.26. The zero-order chi connectivity index (χ0) is 17.0. The molecule has 1 aromatic rings. The second kappa shape index (κ2) is 7.32. The quantitative estimate of drug-likeness (QED) is 0.726. The van der Waals surface area contributed by atoms with Gasteiger partial charge in [-0.2, -0.15) is 0 Å². The molecule has 0 aromatic heterocycles. The van der Waals surface area contributed by atoms with E-state index >= 15 is 0 Å². The fourth-order valence-corrected chi connectivity index (χ4v) is 3.04. The van der Waals surface area contributed by atoms with E-state index in [0.29, 0.717) is 27.9 Å². The average molecular weight is 358 g/mol. The maximum atomic E-state index is 12.1. The number of rotatable bonds is 6. The number of esters is 1. The summed E-state index contributed by atoms with van der Waals surface area (Å²) in [6.45, 7) is 3.44.